The first-order valence-corrected chi connectivity index (χ1v) is 13.0. The zero-order chi connectivity index (χ0) is 21.7. The maximum absolute atomic E-state index is 11.1. The quantitative estimate of drug-likeness (QED) is 0.203. The fourth-order valence-electron chi connectivity index (χ4n) is 5.63. The molecule has 1 aromatic carbocycles. The summed E-state index contributed by atoms with van der Waals surface area (Å²) in [4.78, 5) is 0. The number of hydrogen-bond acceptors (Lipinski definition) is 2. The van der Waals surface area contributed by atoms with Crippen LogP contribution in [-0.4, -0.2) is 15.5 Å². The summed E-state index contributed by atoms with van der Waals surface area (Å²) in [7, 11) is 0. The molecular weight excluding hydrogens is 436 g/mol. The van der Waals surface area contributed by atoms with Gasteiger partial charge in [-0.2, -0.15) is 0 Å². The van der Waals surface area contributed by atoms with Gasteiger partial charge in [0.1, 0.15) is 11.5 Å². The van der Waals surface area contributed by atoms with Gasteiger partial charge < -0.3 is 10.2 Å². The van der Waals surface area contributed by atoms with Crippen molar-refractivity contribution >= 4 is 15.9 Å². The van der Waals surface area contributed by atoms with Gasteiger partial charge in [0.15, 0.2) is 0 Å². The number of benzene rings is 1. The van der Waals surface area contributed by atoms with Crippen LogP contribution in [0, 0.1) is 5.92 Å². The summed E-state index contributed by atoms with van der Waals surface area (Å²) in [5.41, 5.74) is 4.56. The molecule has 0 spiro atoms. The van der Waals surface area contributed by atoms with Crippen LogP contribution in [0.15, 0.2) is 35.9 Å². The Labute approximate surface area is 191 Å². The third-order valence-corrected chi connectivity index (χ3v) is 8.07. The van der Waals surface area contributed by atoms with E-state index in [4.69, 9.17) is 0 Å². The summed E-state index contributed by atoms with van der Waals surface area (Å²) in [6.07, 6.45) is 15.0. The molecule has 2 aliphatic carbocycles. The van der Waals surface area contributed by atoms with Crippen LogP contribution in [0.5, 0.6) is 11.5 Å². The van der Waals surface area contributed by atoms with Crippen molar-refractivity contribution in [3.05, 3.63) is 47.1 Å². The third-order valence-electron chi connectivity index (χ3n) is 7.51. The van der Waals surface area contributed by atoms with E-state index in [0.717, 1.165) is 61.4 Å². The van der Waals surface area contributed by atoms with Crippen molar-refractivity contribution in [2.45, 2.75) is 95.8 Å². The number of alkyl halides is 1. The zero-order valence-electron chi connectivity index (χ0n) is 18.9. The van der Waals surface area contributed by atoms with Crippen molar-refractivity contribution in [1.29, 1.82) is 0 Å². The van der Waals surface area contributed by atoms with E-state index >= 15 is 0 Å². The monoisotopic (exact) mass is 474 g/mol. The number of unbranched alkanes of at least 4 members (excludes halogenated alkanes) is 2. The summed E-state index contributed by atoms with van der Waals surface area (Å²) < 4.78 is 0. The lowest BCUT2D eigenvalue weighted by Crippen LogP contribution is -2.34. The molecule has 0 bridgehead atoms. The lowest BCUT2D eigenvalue weighted by Gasteiger charge is -2.43. The van der Waals surface area contributed by atoms with Gasteiger partial charge in [-0.3, -0.25) is 0 Å². The number of hydrogen-bond donors (Lipinski definition) is 2. The third kappa shape index (κ3) is 4.98. The highest BCUT2D eigenvalue weighted by Gasteiger charge is 2.39. The van der Waals surface area contributed by atoms with Gasteiger partial charge in [-0.15, -0.1) is 0 Å². The number of aromatic hydroxyl groups is 2. The van der Waals surface area contributed by atoms with E-state index < -0.39 is 0 Å². The summed E-state index contributed by atoms with van der Waals surface area (Å²) in [5.74, 6) is 0.822. The molecule has 166 valence electrons. The van der Waals surface area contributed by atoms with Crippen LogP contribution in [0.4, 0.5) is 0 Å². The number of rotatable bonds is 10. The number of phenols is 2. The molecule has 3 rings (SSSR count). The molecule has 1 saturated carbocycles. The second kappa shape index (κ2) is 10.4. The van der Waals surface area contributed by atoms with E-state index in [1.54, 1.807) is 0 Å². The molecule has 1 aromatic rings. The Morgan fingerprint density at radius 2 is 1.87 bits per heavy atom. The van der Waals surface area contributed by atoms with E-state index in [1.807, 2.05) is 12.1 Å². The van der Waals surface area contributed by atoms with Crippen LogP contribution in [0.2, 0.25) is 0 Å². The summed E-state index contributed by atoms with van der Waals surface area (Å²) in [6.45, 7) is 8.50. The highest BCUT2D eigenvalue weighted by molar-refractivity contribution is 9.09. The van der Waals surface area contributed by atoms with Crippen LogP contribution in [0.25, 0.3) is 0 Å². The normalized spacial score (nSPS) is 23.0. The Bertz CT molecular complexity index is 752. The van der Waals surface area contributed by atoms with Crippen LogP contribution < -0.4 is 0 Å². The maximum Gasteiger partial charge on any atom is 0.123 e. The van der Waals surface area contributed by atoms with E-state index in [-0.39, 0.29) is 28.7 Å². The minimum absolute atomic E-state index is 0.0168. The molecule has 1 fully saturated rings. The van der Waals surface area contributed by atoms with E-state index in [9.17, 15) is 10.2 Å². The zero-order valence-corrected chi connectivity index (χ0v) is 20.4. The van der Waals surface area contributed by atoms with Crippen molar-refractivity contribution in [3.8, 4) is 11.5 Å². The van der Waals surface area contributed by atoms with Crippen LogP contribution in [0.3, 0.4) is 0 Å². The van der Waals surface area contributed by atoms with E-state index in [0.29, 0.717) is 5.56 Å². The standard InChI is InChI=1S/C27H39BrO2/c1-4-9-20-10-11-22(19(2)3)23(16-20)26-24(29)17-21(18-25(26)30)27(13-8-14-27)12-6-5-7-15-28/h16-18,22-23,29-30H,2,4-15H2,1,3H3/t22-,23+/m1/s1. The number of allylic oxidation sites excluding steroid dienone is 3. The van der Waals surface area contributed by atoms with Crippen LogP contribution >= 0.6 is 15.9 Å². The lowest BCUT2D eigenvalue weighted by molar-refractivity contribution is 0.217. The second-order valence-electron chi connectivity index (χ2n) is 9.65. The van der Waals surface area contributed by atoms with Gasteiger partial charge in [0.25, 0.3) is 0 Å². The first kappa shape index (κ1) is 23.4. The molecule has 0 radical (unpaired) electrons. The Hall–Kier alpha value is -1.22. The average Bonchev–Trinajstić information content (AvgIpc) is 2.66. The molecule has 0 heterocycles. The van der Waals surface area contributed by atoms with Crippen molar-refractivity contribution in [1.82, 2.24) is 0 Å². The largest absolute Gasteiger partial charge is 0.507 e. The van der Waals surface area contributed by atoms with Crippen LogP contribution in [-0.2, 0) is 5.41 Å². The molecule has 0 unspecified atom stereocenters. The maximum atomic E-state index is 11.1. The molecule has 30 heavy (non-hydrogen) atoms. The highest BCUT2D eigenvalue weighted by atomic mass is 79.9. The average molecular weight is 476 g/mol. The number of halogens is 1. The van der Waals surface area contributed by atoms with Gasteiger partial charge in [-0.1, -0.05) is 72.3 Å². The molecule has 0 saturated heterocycles. The summed E-state index contributed by atoms with van der Waals surface area (Å²) >= 11 is 3.52. The molecule has 2 aliphatic rings. The molecule has 3 heteroatoms. The Morgan fingerprint density at radius 1 is 1.17 bits per heavy atom. The topological polar surface area (TPSA) is 40.5 Å². The summed E-state index contributed by atoms with van der Waals surface area (Å²) in [6, 6.07) is 3.94. The first-order chi connectivity index (χ1) is 14.4. The highest BCUT2D eigenvalue weighted by Crippen LogP contribution is 2.52. The smallest absolute Gasteiger partial charge is 0.123 e. The van der Waals surface area contributed by atoms with E-state index in [1.165, 1.54) is 31.3 Å². The molecule has 2 atom stereocenters. The minimum Gasteiger partial charge on any atom is -0.507 e. The molecule has 0 aromatic heterocycles. The number of phenolic OH excluding ortho intramolecular Hbond substituents is 2. The molecule has 2 N–H and O–H groups in total. The molecule has 0 aliphatic heterocycles. The molecular formula is C27H39BrO2. The predicted molar refractivity (Wildman–Crippen MR) is 131 cm³/mol. The van der Waals surface area contributed by atoms with Crippen LogP contribution in [0.1, 0.15) is 102 Å². The van der Waals surface area contributed by atoms with Gasteiger partial charge in [0.05, 0.1) is 0 Å². The molecule has 2 nitrogen and oxygen atoms in total. The molecule has 0 amide bonds. The van der Waals surface area contributed by atoms with Gasteiger partial charge in [0.2, 0.25) is 0 Å². The lowest BCUT2D eigenvalue weighted by atomic mass is 9.61. The fourth-order valence-corrected chi connectivity index (χ4v) is 6.03. The Balaban J connectivity index is 1.91. The van der Waals surface area contributed by atoms with Gasteiger partial charge in [-0.25, -0.2) is 0 Å². The van der Waals surface area contributed by atoms with E-state index in [2.05, 4.69) is 42.4 Å². The van der Waals surface area contributed by atoms with Crippen molar-refractivity contribution < 1.29 is 10.2 Å². The van der Waals surface area contributed by atoms with Gasteiger partial charge in [-0.05, 0) is 80.9 Å². The van der Waals surface area contributed by atoms with Crippen molar-refractivity contribution in [2.24, 2.45) is 5.92 Å². The second-order valence-corrected chi connectivity index (χ2v) is 10.4. The summed E-state index contributed by atoms with van der Waals surface area (Å²) in [5, 5.41) is 23.3. The Kier molecular flexibility index (Phi) is 8.12. The predicted octanol–water partition coefficient (Wildman–Crippen LogP) is 8.27. The van der Waals surface area contributed by atoms with Gasteiger partial charge >= 0.3 is 0 Å². The fraction of sp³-hybridized carbons (Fsp3) is 0.630. The minimum atomic E-state index is 0.0168. The SMILES string of the molecule is C=C(C)[C@H]1CCC(CCC)=C[C@@H]1c1c(O)cc(C2(CCCCCBr)CCC2)cc1O. The van der Waals surface area contributed by atoms with Crippen molar-refractivity contribution in [3.63, 3.8) is 0 Å². The first-order valence-electron chi connectivity index (χ1n) is 11.9. The Morgan fingerprint density at radius 3 is 2.40 bits per heavy atom. The van der Waals surface area contributed by atoms with Crippen molar-refractivity contribution in [2.75, 3.05) is 5.33 Å². The van der Waals surface area contributed by atoms with Gasteiger partial charge in [0, 0.05) is 16.8 Å².